The van der Waals surface area contributed by atoms with Crippen LogP contribution in [0.2, 0.25) is 0 Å². The van der Waals surface area contributed by atoms with Gasteiger partial charge in [0.05, 0.1) is 0 Å². The van der Waals surface area contributed by atoms with Crippen molar-refractivity contribution in [2.45, 2.75) is 44.6 Å². The van der Waals surface area contributed by atoms with E-state index in [4.69, 9.17) is 10.5 Å². The molecule has 0 amide bonds. The summed E-state index contributed by atoms with van der Waals surface area (Å²) < 4.78 is 5.57. The second-order valence-electron chi connectivity index (χ2n) is 6.46. The van der Waals surface area contributed by atoms with Crippen LogP contribution < -0.4 is 5.73 Å². The first-order chi connectivity index (χ1) is 11.7. The molecule has 1 aliphatic carbocycles. The minimum absolute atomic E-state index is 0.101. The Kier molecular flexibility index (Phi) is 5.31. The predicted molar refractivity (Wildman–Crippen MR) is 96.8 cm³/mol. The van der Waals surface area contributed by atoms with E-state index in [0.717, 1.165) is 19.3 Å². The second-order valence-corrected chi connectivity index (χ2v) is 6.46. The van der Waals surface area contributed by atoms with Gasteiger partial charge in [0.25, 0.3) is 0 Å². The van der Waals surface area contributed by atoms with E-state index >= 15 is 0 Å². The van der Waals surface area contributed by atoms with Crippen molar-refractivity contribution in [3.8, 4) is 11.1 Å². The lowest BCUT2D eigenvalue weighted by molar-refractivity contribution is -0.145. The first-order valence-electron chi connectivity index (χ1n) is 8.82. The van der Waals surface area contributed by atoms with Crippen molar-refractivity contribution in [3.05, 3.63) is 59.7 Å². The highest BCUT2D eigenvalue weighted by Gasteiger charge is 2.29. The number of fused-ring (bicyclic) bond motifs is 3. The van der Waals surface area contributed by atoms with Gasteiger partial charge < -0.3 is 10.5 Å². The summed E-state index contributed by atoms with van der Waals surface area (Å²) in [4.78, 5) is 12.2. The average Bonchev–Trinajstić information content (AvgIpc) is 2.94. The Labute approximate surface area is 143 Å². The largest absolute Gasteiger partial charge is 0.464 e. The summed E-state index contributed by atoms with van der Waals surface area (Å²) in [5.41, 5.74) is 10.9. The SMILES string of the molecule is CCCCCC(N)C(=O)OCC1c2ccccc2-c2ccccc21. The number of esters is 1. The number of carbonyl (C=O) groups excluding carboxylic acids is 1. The normalized spacial score (nSPS) is 14.1. The van der Waals surface area contributed by atoms with Crippen molar-refractivity contribution in [1.82, 2.24) is 0 Å². The Morgan fingerprint density at radius 3 is 2.21 bits per heavy atom. The molecule has 0 fully saturated rings. The predicted octanol–water partition coefficient (Wildman–Crippen LogP) is 4.25. The topological polar surface area (TPSA) is 52.3 Å². The van der Waals surface area contributed by atoms with Crippen LogP contribution in [0.3, 0.4) is 0 Å². The van der Waals surface area contributed by atoms with Gasteiger partial charge >= 0.3 is 5.97 Å². The van der Waals surface area contributed by atoms with E-state index in [0.29, 0.717) is 13.0 Å². The van der Waals surface area contributed by atoms with E-state index in [1.54, 1.807) is 0 Å². The van der Waals surface area contributed by atoms with E-state index in [2.05, 4.69) is 31.2 Å². The third kappa shape index (κ3) is 3.36. The lowest BCUT2D eigenvalue weighted by atomic mass is 9.98. The minimum Gasteiger partial charge on any atom is -0.464 e. The summed E-state index contributed by atoms with van der Waals surface area (Å²) in [6, 6.07) is 16.2. The molecule has 0 radical (unpaired) electrons. The van der Waals surface area contributed by atoms with Crippen LogP contribution in [-0.4, -0.2) is 18.6 Å². The molecule has 0 saturated heterocycles. The fraction of sp³-hybridized carbons (Fsp3) is 0.381. The highest BCUT2D eigenvalue weighted by atomic mass is 16.5. The van der Waals surface area contributed by atoms with Crippen LogP contribution in [0, 0.1) is 0 Å². The molecule has 0 heterocycles. The molecule has 1 aliphatic rings. The standard InChI is InChI=1S/C21H25NO2/c1-2-3-4-13-20(22)21(23)24-14-19-17-11-7-5-9-15(17)16-10-6-8-12-18(16)19/h5-12,19-20H,2-4,13-14,22H2,1H3. The van der Waals surface area contributed by atoms with E-state index in [1.807, 2.05) is 24.3 Å². The van der Waals surface area contributed by atoms with Crippen molar-refractivity contribution in [2.75, 3.05) is 6.61 Å². The van der Waals surface area contributed by atoms with Gasteiger partial charge in [-0.15, -0.1) is 0 Å². The maximum Gasteiger partial charge on any atom is 0.322 e. The van der Waals surface area contributed by atoms with Gasteiger partial charge in [-0.05, 0) is 28.7 Å². The van der Waals surface area contributed by atoms with Crippen LogP contribution in [0.5, 0.6) is 0 Å². The number of unbranched alkanes of at least 4 members (excludes halogenated alkanes) is 2. The third-order valence-corrected chi connectivity index (χ3v) is 4.78. The molecule has 3 rings (SSSR count). The number of hydrogen-bond acceptors (Lipinski definition) is 3. The van der Waals surface area contributed by atoms with E-state index in [-0.39, 0.29) is 11.9 Å². The van der Waals surface area contributed by atoms with Crippen LogP contribution in [0.1, 0.15) is 49.7 Å². The first kappa shape index (κ1) is 16.7. The summed E-state index contributed by atoms with van der Waals surface area (Å²) in [5.74, 6) is -0.183. The molecule has 0 saturated carbocycles. The molecule has 1 atom stereocenters. The Balaban J connectivity index is 1.68. The molecule has 1 unspecified atom stereocenters. The zero-order valence-electron chi connectivity index (χ0n) is 14.2. The van der Waals surface area contributed by atoms with Gasteiger partial charge in [0.15, 0.2) is 0 Å². The van der Waals surface area contributed by atoms with Gasteiger partial charge in [0, 0.05) is 5.92 Å². The van der Waals surface area contributed by atoms with Crippen LogP contribution in [0.25, 0.3) is 11.1 Å². The van der Waals surface area contributed by atoms with Gasteiger partial charge in [-0.1, -0.05) is 74.7 Å². The summed E-state index contributed by atoms with van der Waals surface area (Å²) >= 11 is 0. The molecule has 24 heavy (non-hydrogen) atoms. The molecule has 0 bridgehead atoms. The number of rotatable bonds is 7. The molecule has 2 aromatic carbocycles. The summed E-state index contributed by atoms with van der Waals surface area (Å²) in [5, 5.41) is 0. The first-order valence-corrected chi connectivity index (χ1v) is 8.82. The van der Waals surface area contributed by atoms with E-state index in [1.165, 1.54) is 22.3 Å². The van der Waals surface area contributed by atoms with Crippen molar-refractivity contribution in [1.29, 1.82) is 0 Å². The molecule has 0 spiro atoms. The Morgan fingerprint density at radius 2 is 1.62 bits per heavy atom. The lowest BCUT2D eigenvalue weighted by Crippen LogP contribution is -2.33. The molecule has 3 heteroatoms. The van der Waals surface area contributed by atoms with Gasteiger partial charge in [-0.25, -0.2) is 0 Å². The van der Waals surface area contributed by atoms with Gasteiger partial charge in [-0.3, -0.25) is 4.79 Å². The maximum atomic E-state index is 12.2. The quantitative estimate of drug-likeness (QED) is 0.612. The summed E-state index contributed by atoms with van der Waals surface area (Å²) in [6.45, 7) is 2.49. The third-order valence-electron chi connectivity index (χ3n) is 4.78. The zero-order valence-corrected chi connectivity index (χ0v) is 14.2. The molecule has 0 aromatic heterocycles. The Morgan fingerprint density at radius 1 is 1.04 bits per heavy atom. The van der Waals surface area contributed by atoms with Crippen molar-refractivity contribution < 1.29 is 9.53 Å². The Bertz CT molecular complexity index is 665. The van der Waals surface area contributed by atoms with Crippen molar-refractivity contribution >= 4 is 5.97 Å². The molecular formula is C21H25NO2. The second kappa shape index (κ2) is 7.63. The number of hydrogen-bond donors (Lipinski definition) is 1. The molecule has 2 aromatic rings. The van der Waals surface area contributed by atoms with Crippen LogP contribution >= 0.6 is 0 Å². The number of carbonyl (C=O) groups is 1. The smallest absolute Gasteiger partial charge is 0.322 e. The van der Waals surface area contributed by atoms with Gasteiger partial charge in [-0.2, -0.15) is 0 Å². The number of nitrogens with two attached hydrogens (primary N) is 1. The maximum absolute atomic E-state index is 12.2. The fourth-order valence-corrected chi connectivity index (χ4v) is 3.44. The van der Waals surface area contributed by atoms with E-state index < -0.39 is 6.04 Å². The summed E-state index contributed by atoms with van der Waals surface area (Å²) in [6.07, 6.45) is 3.90. The number of benzene rings is 2. The number of ether oxygens (including phenoxy) is 1. The van der Waals surface area contributed by atoms with Crippen molar-refractivity contribution in [3.63, 3.8) is 0 Å². The monoisotopic (exact) mass is 323 g/mol. The summed E-state index contributed by atoms with van der Waals surface area (Å²) in [7, 11) is 0. The fourth-order valence-electron chi connectivity index (χ4n) is 3.44. The molecule has 0 aliphatic heterocycles. The van der Waals surface area contributed by atoms with Crippen molar-refractivity contribution in [2.24, 2.45) is 5.73 Å². The van der Waals surface area contributed by atoms with Crippen LogP contribution in [0.15, 0.2) is 48.5 Å². The highest BCUT2D eigenvalue weighted by Crippen LogP contribution is 2.44. The molecule has 3 nitrogen and oxygen atoms in total. The average molecular weight is 323 g/mol. The molecule has 126 valence electrons. The lowest BCUT2D eigenvalue weighted by Gasteiger charge is -2.16. The Hall–Kier alpha value is -2.13. The van der Waals surface area contributed by atoms with Crippen LogP contribution in [-0.2, 0) is 9.53 Å². The minimum atomic E-state index is -0.511. The van der Waals surface area contributed by atoms with Gasteiger partial charge in [0.1, 0.15) is 12.6 Å². The molecular weight excluding hydrogens is 298 g/mol. The highest BCUT2D eigenvalue weighted by molar-refractivity contribution is 5.79. The van der Waals surface area contributed by atoms with E-state index in [9.17, 15) is 4.79 Å². The van der Waals surface area contributed by atoms with Gasteiger partial charge in [0.2, 0.25) is 0 Å². The zero-order chi connectivity index (χ0) is 16.9. The molecule has 2 N–H and O–H groups in total. The van der Waals surface area contributed by atoms with Crippen LogP contribution in [0.4, 0.5) is 0 Å².